The Morgan fingerprint density at radius 3 is 2.72 bits per heavy atom. The summed E-state index contributed by atoms with van der Waals surface area (Å²) < 4.78 is 37.1. The maximum absolute atomic E-state index is 13.6. The number of carbonyl (C=O) groups excluding carboxylic acids is 1. The molecule has 7 heteroatoms. The van der Waals surface area contributed by atoms with E-state index in [2.05, 4.69) is 5.32 Å². The molecule has 1 aliphatic rings. The van der Waals surface area contributed by atoms with Gasteiger partial charge >= 0.3 is 0 Å². The number of nitrogens with one attached hydrogen (secondary N) is 1. The summed E-state index contributed by atoms with van der Waals surface area (Å²) in [5.41, 5.74) is 1.77. The van der Waals surface area contributed by atoms with E-state index in [-0.39, 0.29) is 22.7 Å². The summed E-state index contributed by atoms with van der Waals surface area (Å²) in [5, 5.41) is 2.92. The van der Waals surface area contributed by atoms with Gasteiger partial charge in [-0.15, -0.1) is 11.8 Å². The van der Waals surface area contributed by atoms with Crippen LogP contribution in [0.4, 0.5) is 4.39 Å². The van der Waals surface area contributed by atoms with Gasteiger partial charge in [0.15, 0.2) is 9.84 Å². The number of hydrogen-bond donors (Lipinski definition) is 1. The predicted molar refractivity (Wildman–Crippen MR) is 96.2 cm³/mol. The summed E-state index contributed by atoms with van der Waals surface area (Å²) in [4.78, 5) is 13.8. The van der Waals surface area contributed by atoms with E-state index in [1.54, 1.807) is 30.8 Å². The van der Waals surface area contributed by atoms with Gasteiger partial charge in [0.05, 0.1) is 10.9 Å². The van der Waals surface area contributed by atoms with E-state index >= 15 is 0 Å². The van der Waals surface area contributed by atoms with Gasteiger partial charge < -0.3 is 5.32 Å². The second kappa shape index (κ2) is 6.80. The zero-order chi connectivity index (χ0) is 18.2. The van der Waals surface area contributed by atoms with Gasteiger partial charge in [-0.1, -0.05) is 6.07 Å². The van der Waals surface area contributed by atoms with Crippen LogP contribution in [0.15, 0.2) is 46.2 Å². The number of fused-ring (bicyclic) bond motifs is 1. The number of amides is 1. The number of rotatable bonds is 3. The minimum Gasteiger partial charge on any atom is -0.345 e. The fourth-order valence-electron chi connectivity index (χ4n) is 2.83. The summed E-state index contributed by atoms with van der Waals surface area (Å²) in [6.45, 7) is 1.76. The minimum absolute atomic E-state index is 0.105. The molecule has 0 radical (unpaired) electrons. The molecule has 1 aliphatic heterocycles. The Labute approximate surface area is 150 Å². The van der Waals surface area contributed by atoms with E-state index in [4.69, 9.17) is 0 Å². The highest BCUT2D eigenvalue weighted by atomic mass is 32.2. The highest BCUT2D eigenvalue weighted by Crippen LogP contribution is 2.36. The van der Waals surface area contributed by atoms with E-state index in [1.165, 1.54) is 24.3 Å². The first kappa shape index (κ1) is 17.9. The van der Waals surface area contributed by atoms with Crippen LogP contribution in [0.25, 0.3) is 0 Å². The predicted octanol–water partition coefficient (Wildman–Crippen LogP) is 3.50. The second-order valence-corrected chi connectivity index (χ2v) is 9.25. The van der Waals surface area contributed by atoms with E-state index in [9.17, 15) is 17.6 Å². The lowest BCUT2D eigenvalue weighted by atomic mass is 10.0. The van der Waals surface area contributed by atoms with Crippen LogP contribution in [0.3, 0.4) is 0 Å². The maximum atomic E-state index is 13.6. The lowest BCUT2D eigenvalue weighted by molar-refractivity contribution is 0.0934. The molecule has 25 heavy (non-hydrogen) atoms. The molecule has 2 aromatic carbocycles. The van der Waals surface area contributed by atoms with Gasteiger partial charge in [-0.2, -0.15) is 0 Å². The van der Waals surface area contributed by atoms with Crippen LogP contribution >= 0.6 is 11.8 Å². The molecule has 0 saturated heterocycles. The van der Waals surface area contributed by atoms with Crippen LogP contribution in [-0.2, 0) is 9.84 Å². The Bertz CT molecular complexity index is 941. The van der Waals surface area contributed by atoms with Crippen molar-refractivity contribution in [2.24, 2.45) is 0 Å². The Balaban J connectivity index is 1.91. The van der Waals surface area contributed by atoms with Gasteiger partial charge in [-0.25, -0.2) is 12.8 Å². The highest BCUT2D eigenvalue weighted by molar-refractivity contribution is 7.99. The van der Waals surface area contributed by atoms with Gasteiger partial charge in [-0.3, -0.25) is 4.79 Å². The van der Waals surface area contributed by atoms with Crippen molar-refractivity contribution >= 4 is 27.5 Å². The summed E-state index contributed by atoms with van der Waals surface area (Å²) in [7, 11) is -3.40. The van der Waals surface area contributed by atoms with Crippen molar-refractivity contribution in [3.63, 3.8) is 0 Å². The van der Waals surface area contributed by atoms with Crippen molar-refractivity contribution < 1.29 is 17.6 Å². The molecule has 0 spiro atoms. The standard InChI is InChI=1S/C18H18FNO3S2/c1-11-3-5-13(25(2,22)23)10-14(11)18(21)20-16-7-8-24-17-6-4-12(19)9-15(16)17/h3-6,9-10,16H,7-8H2,1-2H3,(H,20,21)/t16-/m1/s1. The normalized spacial score (nSPS) is 17.0. The lowest BCUT2D eigenvalue weighted by Gasteiger charge is -2.26. The van der Waals surface area contributed by atoms with Gasteiger partial charge in [0.25, 0.3) is 5.91 Å². The molecule has 0 fully saturated rings. The van der Waals surface area contributed by atoms with Gasteiger partial charge in [0, 0.05) is 22.5 Å². The van der Waals surface area contributed by atoms with E-state index in [1.807, 2.05) is 0 Å². The third-order valence-electron chi connectivity index (χ3n) is 4.20. The molecule has 0 saturated carbocycles. The molecule has 2 aromatic rings. The summed E-state index contributed by atoms with van der Waals surface area (Å²) >= 11 is 1.64. The molecule has 3 rings (SSSR count). The third-order valence-corrected chi connectivity index (χ3v) is 6.43. The Morgan fingerprint density at radius 2 is 2.00 bits per heavy atom. The number of hydrogen-bond acceptors (Lipinski definition) is 4. The van der Waals surface area contributed by atoms with Crippen LogP contribution in [0.2, 0.25) is 0 Å². The van der Waals surface area contributed by atoms with Crippen molar-refractivity contribution in [2.75, 3.05) is 12.0 Å². The maximum Gasteiger partial charge on any atom is 0.252 e. The summed E-state index contributed by atoms with van der Waals surface area (Å²) in [5.74, 6) is 0.136. The second-order valence-electron chi connectivity index (χ2n) is 6.09. The number of aryl methyl sites for hydroxylation is 1. The van der Waals surface area contributed by atoms with Crippen LogP contribution in [-0.4, -0.2) is 26.3 Å². The van der Waals surface area contributed by atoms with E-state index in [0.29, 0.717) is 17.5 Å². The van der Waals surface area contributed by atoms with Crippen molar-refractivity contribution in [1.29, 1.82) is 0 Å². The van der Waals surface area contributed by atoms with Crippen LogP contribution in [0.1, 0.15) is 33.9 Å². The number of carbonyl (C=O) groups is 1. The lowest BCUT2D eigenvalue weighted by Crippen LogP contribution is -2.31. The molecule has 1 N–H and O–H groups in total. The molecule has 1 heterocycles. The van der Waals surface area contributed by atoms with Gasteiger partial charge in [0.2, 0.25) is 0 Å². The Morgan fingerprint density at radius 1 is 1.24 bits per heavy atom. The zero-order valence-electron chi connectivity index (χ0n) is 13.9. The average molecular weight is 379 g/mol. The first-order valence-electron chi connectivity index (χ1n) is 7.79. The average Bonchev–Trinajstić information content (AvgIpc) is 2.54. The first-order valence-corrected chi connectivity index (χ1v) is 10.7. The summed E-state index contributed by atoms with van der Waals surface area (Å²) in [6.07, 6.45) is 1.80. The largest absolute Gasteiger partial charge is 0.345 e. The number of sulfone groups is 1. The Hall–Kier alpha value is -1.86. The molecule has 0 unspecified atom stereocenters. The number of benzene rings is 2. The zero-order valence-corrected chi connectivity index (χ0v) is 15.5. The van der Waals surface area contributed by atoms with E-state index < -0.39 is 9.84 Å². The molecular formula is C18H18FNO3S2. The van der Waals surface area contributed by atoms with Crippen molar-refractivity contribution in [2.45, 2.75) is 29.2 Å². The van der Waals surface area contributed by atoms with Crippen molar-refractivity contribution in [3.05, 3.63) is 58.9 Å². The van der Waals surface area contributed by atoms with Crippen LogP contribution < -0.4 is 5.32 Å². The SMILES string of the molecule is Cc1ccc(S(C)(=O)=O)cc1C(=O)N[C@@H]1CCSc2ccc(F)cc21. The molecular weight excluding hydrogens is 361 g/mol. The third kappa shape index (κ3) is 3.88. The number of halogens is 1. The first-order chi connectivity index (χ1) is 11.8. The van der Waals surface area contributed by atoms with Crippen molar-refractivity contribution in [1.82, 2.24) is 5.32 Å². The highest BCUT2D eigenvalue weighted by Gasteiger charge is 2.24. The smallest absolute Gasteiger partial charge is 0.252 e. The Kier molecular flexibility index (Phi) is 4.88. The molecule has 0 aromatic heterocycles. The molecule has 132 valence electrons. The van der Waals surface area contributed by atoms with Gasteiger partial charge in [-0.05, 0) is 54.8 Å². The molecule has 1 amide bonds. The fourth-order valence-corrected chi connectivity index (χ4v) is 4.58. The van der Waals surface area contributed by atoms with Crippen molar-refractivity contribution in [3.8, 4) is 0 Å². The van der Waals surface area contributed by atoms with Crippen LogP contribution in [0.5, 0.6) is 0 Å². The fraction of sp³-hybridized carbons (Fsp3) is 0.278. The number of thioether (sulfide) groups is 1. The van der Waals surface area contributed by atoms with E-state index in [0.717, 1.165) is 22.5 Å². The van der Waals surface area contributed by atoms with Gasteiger partial charge in [0.1, 0.15) is 5.82 Å². The van der Waals surface area contributed by atoms with Crippen LogP contribution in [0, 0.1) is 12.7 Å². The molecule has 4 nitrogen and oxygen atoms in total. The quantitative estimate of drug-likeness (QED) is 0.887. The monoisotopic (exact) mass is 379 g/mol. The molecule has 0 aliphatic carbocycles. The minimum atomic E-state index is -3.40. The summed E-state index contributed by atoms with van der Waals surface area (Å²) in [6, 6.07) is 8.80. The molecule has 1 atom stereocenters. The topological polar surface area (TPSA) is 63.2 Å². The molecule has 0 bridgehead atoms.